The van der Waals surface area contributed by atoms with Crippen LogP contribution in [0.15, 0.2) is 39.8 Å². The molecule has 0 aliphatic carbocycles. The molecular weight excluding hydrogens is 338 g/mol. The minimum Gasteiger partial charge on any atom is -0.492 e. The van der Waals surface area contributed by atoms with Gasteiger partial charge in [0.05, 0.1) is 19.4 Å². The van der Waals surface area contributed by atoms with Gasteiger partial charge >= 0.3 is 0 Å². The van der Waals surface area contributed by atoms with Crippen molar-refractivity contribution in [2.75, 3.05) is 6.61 Å². The van der Waals surface area contributed by atoms with E-state index in [-0.39, 0.29) is 11.4 Å². The Bertz CT molecular complexity index is 742. The molecule has 23 heavy (non-hydrogen) atoms. The smallest absolute Gasteiger partial charge is 0.244 e. The van der Waals surface area contributed by atoms with E-state index < -0.39 is 10.0 Å². The van der Waals surface area contributed by atoms with Gasteiger partial charge in [-0.05, 0) is 43.2 Å². The maximum Gasteiger partial charge on any atom is 0.244 e. The number of nitrogens with one attached hydrogen (secondary N) is 1. The molecule has 1 aromatic carbocycles. The normalized spacial score (nSPS) is 11.6. The van der Waals surface area contributed by atoms with Crippen LogP contribution in [0, 0.1) is 6.92 Å². The van der Waals surface area contributed by atoms with Crippen molar-refractivity contribution in [2.45, 2.75) is 38.1 Å². The van der Waals surface area contributed by atoms with Gasteiger partial charge in [-0.1, -0.05) is 24.9 Å². The average molecular weight is 358 g/mol. The van der Waals surface area contributed by atoms with E-state index >= 15 is 0 Å². The van der Waals surface area contributed by atoms with Gasteiger partial charge in [-0.25, -0.2) is 13.1 Å². The zero-order valence-corrected chi connectivity index (χ0v) is 14.7. The van der Waals surface area contributed by atoms with Crippen LogP contribution in [0.5, 0.6) is 5.75 Å². The summed E-state index contributed by atoms with van der Waals surface area (Å²) in [6, 6.07) is 6.47. The van der Waals surface area contributed by atoms with Crippen LogP contribution in [0.3, 0.4) is 0 Å². The summed E-state index contributed by atoms with van der Waals surface area (Å²) in [5, 5.41) is 0.381. The van der Waals surface area contributed by atoms with Gasteiger partial charge < -0.3 is 9.15 Å². The van der Waals surface area contributed by atoms with Crippen LogP contribution in [0.25, 0.3) is 0 Å². The van der Waals surface area contributed by atoms with Gasteiger partial charge in [-0.3, -0.25) is 0 Å². The van der Waals surface area contributed by atoms with Crippen LogP contribution >= 0.6 is 11.6 Å². The Labute approximate surface area is 141 Å². The predicted molar refractivity (Wildman–Crippen MR) is 89.3 cm³/mol. The Kier molecular flexibility index (Phi) is 6.10. The van der Waals surface area contributed by atoms with E-state index in [2.05, 4.69) is 4.72 Å². The molecule has 0 amide bonds. The average Bonchev–Trinajstić information content (AvgIpc) is 3.02. The summed E-state index contributed by atoms with van der Waals surface area (Å²) in [6.07, 6.45) is 3.30. The summed E-state index contributed by atoms with van der Waals surface area (Å²) < 4.78 is 38.4. The third-order valence-electron chi connectivity index (χ3n) is 3.29. The highest BCUT2D eigenvalue weighted by Crippen LogP contribution is 2.30. The fourth-order valence-corrected chi connectivity index (χ4v) is 3.31. The van der Waals surface area contributed by atoms with E-state index in [0.717, 1.165) is 18.4 Å². The molecule has 0 saturated carbocycles. The van der Waals surface area contributed by atoms with E-state index in [1.165, 1.54) is 12.3 Å². The second-order valence-corrected chi connectivity index (χ2v) is 7.30. The third-order valence-corrected chi connectivity index (χ3v) is 5.12. The van der Waals surface area contributed by atoms with Crippen molar-refractivity contribution in [3.63, 3.8) is 0 Å². The van der Waals surface area contributed by atoms with Crippen LogP contribution in [0.1, 0.15) is 31.1 Å². The lowest BCUT2D eigenvalue weighted by atomic mass is 10.2. The number of benzene rings is 1. The zero-order chi connectivity index (χ0) is 16.9. The first-order valence-electron chi connectivity index (χ1n) is 7.39. The molecule has 0 spiro atoms. The fraction of sp³-hybridized carbons (Fsp3) is 0.375. The topological polar surface area (TPSA) is 68.5 Å². The molecule has 0 fully saturated rings. The molecule has 1 N–H and O–H groups in total. The Balaban J connectivity index is 2.25. The highest BCUT2D eigenvalue weighted by molar-refractivity contribution is 7.89. The van der Waals surface area contributed by atoms with Gasteiger partial charge in [0.25, 0.3) is 0 Å². The van der Waals surface area contributed by atoms with Crippen molar-refractivity contribution in [2.24, 2.45) is 0 Å². The van der Waals surface area contributed by atoms with Gasteiger partial charge in [0.2, 0.25) is 10.0 Å². The first-order chi connectivity index (χ1) is 10.9. The molecular formula is C16H20ClNO4S. The highest BCUT2D eigenvalue weighted by Gasteiger charge is 2.21. The van der Waals surface area contributed by atoms with Crippen LogP contribution in [-0.2, 0) is 16.6 Å². The number of hydrogen-bond donors (Lipinski definition) is 1. The lowest BCUT2D eigenvalue weighted by Gasteiger charge is -2.14. The number of hydrogen-bond acceptors (Lipinski definition) is 4. The largest absolute Gasteiger partial charge is 0.492 e. The minimum atomic E-state index is -3.76. The summed E-state index contributed by atoms with van der Waals surface area (Å²) in [4.78, 5) is 0.0377. The van der Waals surface area contributed by atoms with E-state index in [4.69, 9.17) is 20.8 Å². The van der Waals surface area contributed by atoms with Gasteiger partial charge in [0, 0.05) is 5.02 Å². The number of unbranched alkanes of at least 4 members (excludes halogenated alkanes) is 1. The van der Waals surface area contributed by atoms with Crippen LogP contribution in [0.2, 0.25) is 5.02 Å². The Morgan fingerprint density at radius 2 is 2.13 bits per heavy atom. The van der Waals surface area contributed by atoms with Crippen molar-refractivity contribution < 1.29 is 17.6 Å². The molecule has 7 heteroatoms. The molecule has 0 radical (unpaired) electrons. The minimum absolute atomic E-state index is 0.0377. The van der Waals surface area contributed by atoms with Gasteiger partial charge in [0.1, 0.15) is 16.4 Å². The number of halogens is 1. The second-order valence-electron chi connectivity index (χ2n) is 5.15. The molecule has 2 rings (SSSR count). The number of sulfonamides is 1. The predicted octanol–water partition coefficient (Wildman–Crippen LogP) is 3.90. The molecule has 0 aliphatic rings. The molecule has 2 aromatic rings. The molecule has 1 aromatic heterocycles. The number of aryl methyl sites for hydroxylation is 1. The Morgan fingerprint density at radius 3 is 2.78 bits per heavy atom. The molecule has 0 unspecified atom stereocenters. The van der Waals surface area contributed by atoms with Crippen molar-refractivity contribution in [3.05, 3.63) is 46.9 Å². The van der Waals surface area contributed by atoms with E-state index in [1.807, 2.05) is 13.8 Å². The molecule has 0 aliphatic heterocycles. The third kappa shape index (κ3) is 4.73. The van der Waals surface area contributed by atoms with E-state index in [1.54, 1.807) is 18.2 Å². The molecule has 1 heterocycles. The number of rotatable bonds is 8. The zero-order valence-electron chi connectivity index (χ0n) is 13.1. The standard InChI is InChI=1S/C16H20ClNO4S/c1-3-4-7-22-15-9-12(2)14(17)10-16(15)23(19,20)18-11-13-6-5-8-21-13/h5-6,8-10,18H,3-4,7,11H2,1-2H3. The highest BCUT2D eigenvalue weighted by atomic mass is 35.5. The van der Waals surface area contributed by atoms with Crippen LogP contribution in [0.4, 0.5) is 0 Å². The maximum atomic E-state index is 12.6. The summed E-state index contributed by atoms with van der Waals surface area (Å²) in [7, 11) is -3.76. The Hall–Kier alpha value is -1.50. The summed E-state index contributed by atoms with van der Waals surface area (Å²) in [6.45, 7) is 4.37. The van der Waals surface area contributed by atoms with Crippen molar-refractivity contribution in [1.82, 2.24) is 4.72 Å². The second kappa shape index (κ2) is 7.86. The molecule has 0 saturated heterocycles. The van der Waals surface area contributed by atoms with Crippen molar-refractivity contribution in [3.8, 4) is 5.75 Å². The van der Waals surface area contributed by atoms with Crippen LogP contribution in [-0.4, -0.2) is 15.0 Å². The first-order valence-corrected chi connectivity index (χ1v) is 9.25. The lowest BCUT2D eigenvalue weighted by Crippen LogP contribution is -2.24. The van der Waals surface area contributed by atoms with Crippen molar-refractivity contribution >= 4 is 21.6 Å². The maximum absolute atomic E-state index is 12.6. The van der Waals surface area contributed by atoms with Gasteiger partial charge in [-0.2, -0.15) is 0 Å². The molecule has 0 bridgehead atoms. The molecule has 0 atom stereocenters. The SMILES string of the molecule is CCCCOc1cc(C)c(Cl)cc1S(=O)(=O)NCc1ccco1. The van der Waals surface area contributed by atoms with E-state index in [9.17, 15) is 8.42 Å². The molecule has 126 valence electrons. The van der Waals surface area contributed by atoms with Crippen LogP contribution < -0.4 is 9.46 Å². The Morgan fingerprint density at radius 1 is 1.35 bits per heavy atom. The number of furan rings is 1. The summed E-state index contributed by atoms with van der Waals surface area (Å²) in [5.74, 6) is 0.840. The summed E-state index contributed by atoms with van der Waals surface area (Å²) >= 11 is 6.09. The van der Waals surface area contributed by atoms with Gasteiger partial charge in [0.15, 0.2) is 0 Å². The van der Waals surface area contributed by atoms with Gasteiger partial charge in [-0.15, -0.1) is 0 Å². The quantitative estimate of drug-likeness (QED) is 0.727. The molecule has 5 nitrogen and oxygen atoms in total. The first kappa shape index (κ1) is 17.8. The monoisotopic (exact) mass is 357 g/mol. The van der Waals surface area contributed by atoms with Crippen molar-refractivity contribution in [1.29, 1.82) is 0 Å². The van der Waals surface area contributed by atoms with E-state index in [0.29, 0.717) is 23.1 Å². The lowest BCUT2D eigenvalue weighted by molar-refractivity contribution is 0.301. The fourth-order valence-electron chi connectivity index (χ4n) is 1.94. The number of ether oxygens (including phenoxy) is 1. The summed E-state index contributed by atoms with van der Waals surface area (Å²) in [5.41, 5.74) is 0.767.